The van der Waals surface area contributed by atoms with Gasteiger partial charge in [0.15, 0.2) is 0 Å². The molecule has 0 amide bonds. The number of hydrogen-bond donors (Lipinski definition) is 1. The van der Waals surface area contributed by atoms with E-state index in [-0.39, 0.29) is 12.4 Å². The maximum absolute atomic E-state index is 6.31. The molecular weight excluding hydrogens is 315 g/mol. The number of benzene rings is 1. The Morgan fingerprint density at radius 2 is 2.00 bits per heavy atom. The van der Waals surface area contributed by atoms with E-state index in [0.717, 1.165) is 34.6 Å². The Labute approximate surface area is 137 Å². The average molecular weight is 336 g/mol. The molecule has 2 N–H and O–H groups in total. The zero-order chi connectivity index (χ0) is 13.6. The van der Waals surface area contributed by atoms with E-state index in [1.807, 2.05) is 18.2 Å². The van der Waals surface area contributed by atoms with E-state index in [4.69, 9.17) is 28.9 Å². The highest BCUT2D eigenvalue weighted by molar-refractivity contribution is 6.33. The molecule has 1 heterocycles. The summed E-state index contributed by atoms with van der Waals surface area (Å²) >= 11 is 12.4. The van der Waals surface area contributed by atoms with Crippen molar-refractivity contribution in [3.8, 4) is 0 Å². The summed E-state index contributed by atoms with van der Waals surface area (Å²) in [6, 6.07) is 6.41. The second-order valence-corrected chi connectivity index (χ2v) is 6.80. The number of nitrogens with zero attached hydrogens (tertiary/aromatic N) is 1. The Balaban J connectivity index is 0.00000147. The number of hydrogen-bond acceptors (Lipinski definition) is 2. The summed E-state index contributed by atoms with van der Waals surface area (Å²) in [7, 11) is 0. The Morgan fingerprint density at radius 3 is 2.70 bits per heavy atom. The van der Waals surface area contributed by atoms with Gasteiger partial charge in [-0.2, -0.15) is 0 Å². The largest absolute Gasteiger partial charge is 0.327 e. The van der Waals surface area contributed by atoms with Crippen LogP contribution in [0.15, 0.2) is 18.2 Å². The third kappa shape index (κ3) is 2.95. The minimum Gasteiger partial charge on any atom is -0.327 e. The van der Waals surface area contributed by atoms with Gasteiger partial charge in [0.05, 0.1) is 0 Å². The summed E-state index contributed by atoms with van der Waals surface area (Å²) in [6.45, 7) is 4.45. The number of likely N-dealkylation sites (tertiary alicyclic amines) is 1. The SMILES string of the molecule is CC(c1cc(Cl)ccc1Cl)N1CC2CCC(N)C2C1.Cl. The highest BCUT2D eigenvalue weighted by atomic mass is 35.5. The summed E-state index contributed by atoms with van der Waals surface area (Å²) in [6.07, 6.45) is 2.47. The van der Waals surface area contributed by atoms with Crippen LogP contribution in [0.1, 0.15) is 31.4 Å². The number of rotatable bonds is 2. The quantitative estimate of drug-likeness (QED) is 0.880. The van der Waals surface area contributed by atoms with Crippen LogP contribution in [0.25, 0.3) is 0 Å². The fourth-order valence-electron chi connectivity index (χ4n) is 3.69. The summed E-state index contributed by atoms with van der Waals surface area (Å²) in [5.41, 5.74) is 7.33. The van der Waals surface area contributed by atoms with Crippen molar-refractivity contribution in [2.45, 2.75) is 31.8 Å². The van der Waals surface area contributed by atoms with Crippen molar-refractivity contribution in [1.29, 1.82) is 0 Å². The molecule has 1 aliphatic heterocycles. The molecule has 5 heteroatoms. The first-order valence-electron chi connectivity index (χ1n) is 7.01. The number of halogens is 3. The smallest absolute Gasteiger partial charge is 0.0454 e. The molecule has 1 aromatic carbocycles. The minimum absolute atomic E-state index is 0. The van der Waals surface area contributed by atoms with Gasteiger partial charge in [0, 0.05) is 35.2 Å². The van der Waals surface area contributed by atoms with Crippen molar-refractivity contribution >= 4 is 35.6 Å². The first kappa shape index (κ1) is 16.4. The lowest BCUT2D eigenvalue weighted by Gasteiger charge is -2.27. The zero-order valence-electron chi connectivity index (χ0n) is 11.6. The molecule has 4 unspecified atom stereocenters. The van der Waals surface area contributed by atoms with Crippen molar-refractivity contribution < 1.29 is 0 Å². The van der Waals surface area contributed by atoms with Gasteiger partial charge in [-0.15, -0.1) is 12.4 Å². The molecule has 0 spiro atoms. The van der Waals surface area contributed by atoms with E-state index >= 15 is 0 Å². The van der Waals surface area contributed by atoms with E-state index in [9.17, 15) is 0 Å². The second-order valence-electron chi connectivity index (χ2n) is 5.96. The van der Waals surface area contributed by atoms with Crippen LogP contribution < -0.4 is 5.73 Å². The van der Waals surface area contributed by atoms with E-state index in [1.54, 1.807) is 0 Å². The van der Waals surface area contributed by atoms with Gasteiger partial charge in [0.2, 0.25) is 0 Å². The van der Waals surface area contributed by atoms with Crippen LogP contribution in [0, 0.1) is 11.8 Å². The van der Waals surface area contributed by atoms with Crippen LogP contribution in [-0.4, -0.2) is 24.0 Å². The highest BCUT2D eigenvalue weighted by Gasteiger charge is 2.42. The molecule has 3 rings (SSSR count). The summed E-state index contributed by atoms with van der Waals surface area (Å²) in [5, 5.41) is 1.56. The van der Waals surface area contributed by atoms with Crippen LogP contribution in [-0.2, 0) is 0 Å². The fourth-order valence-corrected chi connectivity index (χ4v) is 4.15. The zero-order valence-corrected chi connectivity index (χ0v) is 13.9. The van der Waals surface area contributed by atoms with Crippen molar-refractivity contribution in [2.75, 3.05) is 13.1 Å². The van der Waals surface area contributed by atoms with Gasteiger partial charge in [-0.25, -0.2) is 0 Å². The molecule has 1 aliphatic carbocycles. The van der Waals surface area contributed by atoms with Gasteiger partial charge >= 0.3 is 0 Å². The minimum atomic E-state index is 0. The molecule has 1 saturated carbocycles. The summed E-state index contributed by atoms with van der Waals surface area (Å²) in [5.74, 6) is 1.44. The lowest BCUT2D eigenvalue weighted by molar-refractivity contribution is 0.239. The van der Waals surface area contributed by atoms with Crippen molar-refractivity contribution in [3.63, 3.8) is 0 Å². The normalized spacial score (nSPS) is 30.9. The van der Waals surface area contributed by atoms with Gasteiger partial charge in [-0.3, -0.25) is 4.90 Å². The number of nitrogens with two attached hydrogens (primary N) is 1. The van der Waals surface area contributed by atoms with Gasteiger partial charge in [-0.05, 0) is 55.4 Å². The molecule has 0 radical (unpaired) electrons. The average Bonchev–Trinajstić information content (AvgIpc) is 2.94. The Kier molecular flexibility index (Phi) is 5.25. The molecule has 0 bridgehead atoms. The van der Waals surface area contributed by atoms with Gasteiger partial charge in [0.1, 0.15) is 0 Å². The number of fused-ring (bicyclic) bond motifs is 1. The van der Waals surface area contributed by atoms with Crippen molar-refractivity contribution in [1.82, 2.24) is 4.90 Å². The fraction of sp³-hybridized carbons (Fsp3) is 0.600. The topological polar surface area (TPSA) is 29.3 Å². The molecular formula is C15H21Cl3N2. The lowest BCUT2D eigenvalue weighted by atomic mass is 9.98. The standard InChI is InChI=1S/C15H20Cl2N2.ClH/c1-9(12-6-11(16)3-4-14(12)17)19-7-10-2-5-15(18)13(10)8-19;/h3-4,6,9-10,13,15H,2,5,7-8,18H2,1H3;1H. The molecule has 2 fully saturated rings. The summed E-state index contributed by atoms with van der Waals surface area (Å²) < 4.78 is 0. The highest BCUT2D eigenvalue weighted by Crippen LogP contribution is 2.41. The first-order chi connectivity index (χ1) is 9.06. The molecule has 2 aliphatic rings. The maximum atomic E-state index is 6.31. The van der Waals surface area contributed by atoms with Crippen molar-refractivity contribution in [3.05, 3.63) is 33.8 Å². The van der Waals surface area contributed by atoms with Crippen LogP contribution in [0.5, 0.6) is 0 Å². The van der Waals surface area contributed by atoms with Crippen molar-refractivity contribution in [2.24, 2.45) is 17.6 Å². The van der Waals surface area contributed by atoms with Crippen LogP contribution in [0.2, 0.25) is 10.0 Å². The van der Waals surface area contributed by atoms with E-state index < -0.39 is 0 Å². The molecule has 1 saturated heterocycles. The van der Waals surface area contributed by atoms with Crippen LogP contribution >= 0.6 is 35.6 Å². The molecule has 0 aromatic heterocycles. The van der Waals surface area contributed by atoms with E-state index in [2.05, 4.69) is 11.8 Å². The predicted octanol–water partition coefficient (Wildman–Crippen LogP) is 4.15. The Bertz CT molecular complexity index is 480. The predicted molar refractivity (Wildman–Crippen MR) is 87.9 cm³/mol. The lowest BCUT2D eigenvalue weighted by Crippen LogP contribution is -2.31. The maximum Gasteiger partial charge on any atom is 0.0454 e. The molecule has 2 nitrogen and oxygen atoms in total. The third-order valence-electron chi connectivity index (χ3n) is 4.90. The Hall–Kier alpha value is 0.01000. The molecule has 20 heavy (non-hydrogen) atoms. The summed E-state index contributed by atoms with van der Waals surface area (Å²) in [4.78, 5) is 2.51. The molecule has 4 atom stereocenters. The van der Waals surface area contributed by atoms with Crippen LogP contribution in [0.4, 0.5) is 0 Å². The Morgan fingerprint density at radius 1 is 1.25 bits per heavy atom. The van der Waals surface area contributed by atoms with E-state index in [1.165, 1.54) is 12.8 Å². The monoisotopic (exact) mass is 334 g/mol. The second kappa shape index (κ2) is 6.41. The molecule has 112 valence electrons. The van der Waals surface area contributed by atoms with Gasteiger partial charge in [0.25, 0.3) is 0 Å². The van der Waals surface area contributed by atoms with Gasteiger partial charge < -0.3 is 5.73 Å². The van der Waals surface area contributed by atoms with Crippen LogP contribution in [0.3, 0.4) is 0 Å². The molecule has 1 aromatic rings. The first-order valence-corrected chi connectivity index (χ1v) is 7.76. The van der Waals surface area contributed by atoms with E-state index in [0.29, 0.717) is 18.0 Å². The third-order valence-corrected chi connectivity index (χ3v) is 5.48. The van der Waals surface area contributed by atoms with Gasteiger partial charge in [-0.1, -0.05) is 23.2 Å².